The van der Waals surface area contributed by atoms with Crippen molar-refractivity contribution >= 4 is 28.6 Å². The molecule has 0 aliphatic heterocycles. The summed E-state index contributed by atoms with van der Waals surface area (Å²) in [4.78, 5) is 26.6. The smallest absolute Gasteiger partial charge is 0.292 e. The summed E-state index contributed by atoms with van der Waals surface area (Å²) >= 11 is 0. The van der Waals surface area contributed by atoms with Gasteiger partial charge in [-0.1, -0.05) is 30.3 Å². The maximum absolute atomic E-state index is 12.5. The zero-order chi connectivity index (χ0) is 20.1. The average Bonchev–Trinajstić information content (AvgIpc) is 2.71. The van der Waals surface area contributed by atoms with Gasteiger partial charge >= 0.3 is 0 Å². The summed E-state index contributed by atoms with van der Waals surface area (Å²) in [6, 6.07) is 14.4. The standard InChI is InChI=1S/C20H21N5O3/c1-24(11-12-26)15-9-7-14(8-10-15)13-21-22-19(27)18-16-5-3-4-6-17(16)20(28)25(2)23-18/h3-10,13,26H,11-12H2,1-2H3,(H,22,27)/b21-13+. The number of amides is 1. The first-order chi connectivity index (χ1) is 13.5. The van der Waals surface area contributed by atoms with E-state index in [2.05, 4.69) is 15.6 Å². The van der Waals surface area contributed by atoms with Crippen LogP contribution >= 0.6 is 0 Å². The molecule has 0 aliphatic carbocycles. The van der Waals surface area contributed by atoms with Crippen molar-refractivity contribution in [1.29, 1.82) is 0 Å². The largest absolute Gasteiger partial charge is 0.395 e. The minimum Gasteiger partial charge on any atom is -0.395 e. The molecule has 3 rings (SSSR count). The van der Waals surface area contributed by atoms with Gasteiger partial charge in [-0.15, -0.1) is 0 Å². The number of aromatic nitrogens is 2. The second kappa shape index (κ2) is 8.45. The van der Waals surface area contributed by atoms with Crippen molar-refractivity contribution in [1.82, 2.24) is 15.2 Å². The van der Waals surface area contributed by atoms with E-state index in [0.717, 1.165) is 15.9 Å². The summed E-state index contributed by atoms with van der Waals surface area (Å²) in [5, 5.41) is 17.9. The van der Waals surface area contributed by atoms with E-state index >= 15 is 0 Å². The highest BCUT2D eigenvalue weighted by Gasteiger charge is 2.14. The number of nitrogens with zero attached hydrogens (tertiary/aromatic N) is 4. The van der Waals surface area contributed by atoms with E-state index in [9.17, 15) is 9.59 Å². The van der Waals surface area contributed by atoms with Gasteiger partial charge in [0.05, 0.1) is 18.2 Å². The van der Waals surface area contributed by atoms with E-state index in [1.165, 1.54) is 13.3 Å². The summed E-state index contributed by atoms with van der Waals surface area (Å²) in [5.74, 6) is -0.498. The van der Waals surface area contributed by atoms with Crippen LogP contribution in [0.4, 0.5) is 5.69 Å². The van der Waals surface area contributed by atoms with Crippen LogP contribution in [-0.4, -0.2) is 47.2 Å². The lowest BCUT2D eigenvalue weighted by molar-refractivity contribution is 0.0950. The van der Waals surface area contributed by atoms with Gasteiger partial charge in [0.1, 0.15) is 0 Å². The third-order valence-electron chi connectivity index (χ3n) is 4.32. The van der Waals surface area contributed by atoms with E-state index in [0.29, 0.717) is 17.3 Å². The van der Waals surface area contributed by atoms with Crippen LogP contribution in [0.1, 0.15) is 16.1 Å². The number of benzene rings is 2. The van der Waals surface area contributed by atoms with E-state index < -0.39 is 5.91 Å². The lowest BCUT2D eigenvalue weighted by Gasteiger charge is -2.17. The van der Waals surface area contributed by atoms with Crippen LogP contribution < -0.4 is 15.9 Å². The Balaban J connectivity index is 1.75. The molecule has 0 fully saturated rings. The third-order valence-corrected chi connectivity index (χ3v) is 4.32. The van der Waals surface area contributed by atoms with Crippen molar-refractivity contribution in [3.8, 4) is 0 Å². The van der Waals surface area contributed by atoms with Gasteiger partial charge in [-0.2, -0.15) is 10.2 Å². The van der Waals surface area contributed by atoms with Crippen molar-refractivity contribution in [3.63, 3.8) is 0 Å². The molecule has 0 radical (unpaired) electrons. The number of hydrazone groups is 1. The molecule has 0 unspecified atom stereocenters. The quantitative estimate of drug-likeness (QED) is 0.494. The molecule has 8 heteroatoms. The lowest BCUT2D eigenvalue weighted by Crippen LogP contribution is -2.27. The molecule has 28 heavy (non-hydrogen) atoms. The summed E-state index contributed by atoms with van der Waals surface area (Å²) in [7, 11) is 3.40. The highest BCUT2D eigenvalue weighted by Crippen LogP contribution is 2.14. The number of hydrogen-bond acceptors (Lipinski definition) is 6. The van der Waals surface area contributed by atoms with Crippen LogP contribution in [0.15, 0.2) is 58.4 Å². The molecule has 1 aromatic heterocycles. The number of aliphatic hydroxyl groups is 1. The predicted molar refractivity (Wildman–Crippen MR) is 109 cm³/mol. The fraction of sp³-hybridized carbons (Fsp3) is 0.200. The topological polar surface area (TPSA) is 99.8 Å². The molecule has 0 saturated carbocycles. The number of rotatable bonds is 6. The average molecular weight is 379 g/mol. The van der Waals surface area contributed by atoms with Gasteiger partial charge in [-0.3, -0.25) is 9.59 Å². The summed E-state index contributed by atoms with van der Waals surface area (Å²) in [6.07, 6.45) is 1.53. The second-order valence-corrected chi connectivity index (χ2v) is 6.26. The first kappa shape index (κ1) is 19.2. The zero-order valence-corrected chi connectivity index (χ0v) is 15.7. The molecule has 0 bridgehead atoms. The summed E-state index contributed by atoms with van der Waals surface area (Å²) in [5.41, 5.74) is 4.10. The molecule has 0 saturated heterocycles. The number of hydrogen-bond donors (Lipinski definition) is 2. The first-order valence-electron chi connectivity index (χ1n) is 8.73. The Kier molecular flexibility index (Phi) is 5.81. The fourth-order valence-corrected chi connectivity index (χ4v) is 2.78. The molecule has 0 aliphatic rings. The Bertz CT molecular complexity index is 1070. The van der Waals surface area contributed by atoms with Crippen LogP contribution in [0, 0.1) is 0 Å². The van der Waals surface area contributed by atoms with Crippen LogP contribution in [0.25, 0.3) is 10.8 Å². The number of likely N-dealkylation sites (N-methyl/N-ethyl adjacent to an activating group) is 1. The van der Waals surface area contributed by atoms with Crippen LogP contribution in [0.5, 0.6) is 0 Å². The van der Waals surface area contributed by atoms with Crippen molar-refractivity contribution < 1.29 is 9.90 Å². The molecular weight excluding hydrogens is 358 g/mol. The molecule has 8 nitrogen and oxygen atoms in total. The summed E-state index contributed by atoms with van der Waals surface area (Å²) in [6.45, 7) is 0.629. The molecule has 0 spiro atoms. The molecule has 0 atom stereocenters. The fourth-order valence-electron chi connectivity index (χ4n) is 2.78. The highest BCUT2D eigenvalue weighted by molar-refractivity contribution is 6.04. The number of aryl methyl sites for hydroxylation is 1. The number of aliphatic hydroxyl groups excluding tert-OH is 1. The maximum atomic E-state index is 12.5. The van der Waals surface area contributed by atoms with Crippen molar-refractivity contribution in [3.05, 3.63) is 70.1 Å². The van der Waals surface area contributed by atoms with E-state index in [4.69, 9.17) is 5.11 Å². The Morgan fingerprint density at radius 3 is 2.57 bits per heavy atom. The lowest BCUT2D eigenvalue weighted by atomic mass is 10.1. The van der Waals surface area contributed by atoms with Crippen LogP contribution in [0.3, 0.4) is 0 Å². The van der Waals surface area contributed by atoms with Gasteiger partial charge in [0.25, 0.3) is 11.5 Å². The minimum absolute atomic E-state index is 0.0829. The van der Waals surface area contributed by atoms with E-state index in [-0.39, 0.29) is 17.9 Å². The number of carbonyl (C=O) groups is 1. The Morgan fingerprint density at radius 2 is 1.89 bits per heavy atom. The van der Waals surface area contributed by atoms with Crippen LogP contribution in [0.2, 0.25) is 0 Å². The number of carbonyl (C=O) groups excluding carboxylic acids is 1. The molecule has 1 heterocycles. The van der Waals surface area contributed by atoms with Crippen molar-refractivity contribution in [2.45, 2.75) is 0 Å². The van der Waals surface area contributed by atoms with Gasteiger partial charge in [-0.25, -0.2) is 10.1 Å². The van der Waals surface area contributed by atoms with Gasteiger partial charge < -0.3 is 10.0 Å². The normalized spacial score (nSPS) is 11.1. The predicted octanol–water partition coefficient (Wildman–Crippen LogP) is 1.13. The number of anilines is 1. The number of nitrogens with one attached hydrogen (secondary N) is 1. The molecule has 144 valence electrons. The SMILES string of the molecule is CN(CCO)c1ccc(/C=N/NC(=O)c2nn(C)c(=O)c3ccccc23)cc1. The van der Waals surface area contributed by atoms with E-state index in [1.54, 1.807) is 24.3 Å². The minimum atomic E-state index is -0.498. The van der Waals surface area contributed by atoms with Crippen LogP contribution in [-0.2, 0) is 7.05 Å². The molecule has 2 aromatic carbocycles. The molecular formula is C20H21N5O3. The van der Waals surface area contributed by atoms with Crippen molar-refractivity contribution in [2.75, 3.05) is 25.1 Å². The summed E-state index contributed by atoms with van der Waals surface area (Å²) < 4.78 is 1.14. The van der Waals surface area contributed by atoms with E-state index in [1.807, 2.05) is 36.2 Å². The molecule has 1 amide bonds. The monoisotopic (exact) mass is 379 g/mol. The van der Waals surface area contributed by atoms with Gasteiger partial charge in [0, 0.05) is 31.7 Å². The van der Waals surface area contributed by atoms with Gasteiger partial charge in [0.15, 0.2) is 5.69 Å². The highest BCUT2D eigenvalue weighted by atomic mass is 16.3. The maximum Gasteiger partial charge on any atom is 0.292 e. The molecule has 3 aromatic rings. The Morgan fingerprint density at radius 1 is 1.21 bits per heavy atom. The van der Waals surface area contributed by atoms with Gasteiger partial charge in [-0.05, 0) is 23.8 Å². The second-order valence-electron chi connectivity index (χ2n) is 6.26. The van der Waals surface area contributed by atoms with Gasteiger partial charge in [0.2, 0.25) is 0 Å². The first-order valence-corrected chi connectivity index (χ1v) is 8.73. The van der Waals surface area contributed by atoms with Crippen molar-refractivity contribution in [2.24, 2.45) is 12.1 Å². The number of fused-ring (bicyclic) bond motifs is 1. The third kappa shape index (κ3) is 4.07. The molecule has 2 N–H and O–H groups in total. The Hall–Kier alpha value is -3.52. The zero-order valence-electron chi connectivity index (χ0n) is 15.7. The Labute approximate surface area is 161 Å².